The molecule has 0 aliphatic heterocycles. The molecular formula is C38H45N3O4S. The third-order valence-electron chi connectivity index (χ3n) is 7.98. The Balaban J connectivity index is 1.84. The number of hydrogen-bond donors (Lipinski definition) is 1. The Labute approximate surface area is 274 Å². The van der Waals surface area contributed by atoms with E-state index >= 15 is 0 Å². The second-order valence-electron chi connectivity index (χ2n) is 13.0. The van der Waals surface area contributed by atoms with E-state index in [0.29, 0.717) is 5.69 Å². The Bertz CT molecular complexity index is 1760. The number of aryl methyl sites for hydroxylation is 3. The van der Waals surface area contributed by atoms with Crippen LogP contribution in [-0.4, -0.2) is 43.3 Å². The van der Waals surface area contributed by atoms with Crippen molar-refractivity contribution < 1.29 is 18.0 Å². The van der Waals surface area contributed by atoms with Crippen molar-refractivity contribution in [3.8, 4) is 0 Å². The van der Waals surface area contributed by atoms with Crippen molar-refractivity contribution in [2.45, 2.75) is 77.9 Å². The van der Waals surface area contributed by atoms with Gasteiger partial charge in [0.1, 0.15) is 12.6 Å². The van der Waals surface area contributed by atoms with Gasteiger partial charge in [0.05, 0.1) is 10.6 Å². The lowest BCUT2D eigenvalue weighted by Crippen LogP contribution is -2.56. The molecule has 1 N–H and O–H groups in total. The van der Waals surface area contributed by atoms with E-state index in [1.807, 2.05) is 109 Å². The first-order valence-corrected chi connectivity index (χ1v) is 17.0. The van der Waals surface area contributed by atoms with Crippen molar-refractivity contribution in [3.63, 3.8) is 0 Å². The standard InChI is InChI=1S/C38H45N3O4S/c1-27-16-20-32(21-17-27)25-40(35(37(43)39-38(5,6)7)24-31-13-9-8-10-14-31)36(42)26-41(34-15-11-12-29(3)30(34)4)46(44,45)33-22-18-28(2)19-23-33/h8-23,35H,24-26H2,1-7H3,(H,39,43). The van der Waals surface area contributed by atoms with Crippen LogP contribution in [0.2, 0.25) is 0 Å². The summed E-state index contributed by atoms with van der Waals surface area (Å²) in [5.74, 6) is -0.793. The van der Waals surface area contributed by atoms with Crippen LogP contribution < -0.4 is 9.62 Å². The molecule has 46 heavy (non-hydrogen) atoms. The van der Waals surface area contributed by atoms with Crippen molar-refractivity contribution in [3.05, 3.63) is 130 Å². The van der Waals surface area contributed by atoms with Gasteiger partial charge in [0.2, 0.25) is 11.8 Å². The fourth-order valence-corrected chi connectivity index (χ4v) is 6.73. The third kappa shape index (κ3) is 8.63. The molecule has 1 unspecified atom stereocenters. The molecule has 8 heteroatoms. The first-order valence-electron chi connectivity index (χ1n) is 15.5. The average molecular weight is 640 g/mol. The number of nitrogens with one attached hydrogen (secondary N) is 1. The Morgan fingerprint density at radius 3 is 1.91 bits per heavy atom. The predicted octanol–water partition coefficient (Wildman–Crippen LogP) is 6.67. The quantitative estimate of drug-likeness (QED) is 0.199. The van der Waals surface area contributed by atoms with E-state index in [4.69, 9.17) is 0 Å². The lowest BCUT2D eigenvalue weighted by Gasteiger charge is -2.35. The molecule has 0 spiro atoms. The third-order valence-corrected chi connectivity index (χ3v) is 9.75. The van der Waals surface area contributed by atoms with Gasteiger partial charge < -0.3 is 10.2 Å². The maximum Gasteiger partial charge on any atom is 0.264 e. The largest absolute Gasteiger partial charge is 0.350 e. The molecule has 0 saturated heterocycles. The Hall–Kier alpha value is -4.43. The van der Waals surface area contributed by atoms with Gasteiger partial charge in [0.15, 0.2) is 0 Å². The van der Waals surface area contributed by atoms with Gasteiger partial charge in [0.25, 0.3) is 10.0 Å². The van der Waals surface area contributed by atoms with Gasteiger partial charge in [-0.2, -0.15) is 0 Å². The van der Waals surface area contributed by atoms with Crippen LogP contribution in [0.1, 0.15) is 54.2 Å². The molecule has 242 valence electrons. The zero-order chi connectivity index (χ0) is 33.6. The number of carbonyl (C=O) groups is 2. The summed E-state index contributed by atoms with van der Waals surface area (Å²) in [6, 6.07) is 28.5. The van der Waals surface area contributed by atoms with Crippen LogP contribution in [0.15, 0.2) is 102 Å². The van der Waals surface area contributed by atoms with Crippen LogP contribution in [0.25, 0.3) is 0 Å². The van der Waals surface area contributed by atoms with Crippen molar-refractivity contribution in [1.82, 2.24) is 10.2 Å². The van der Waals surface area contributed by atoms with Crippen LogP contribution in [0.3, 0.4) is 0 Å². The predicted molar refractivity (Wildman–Crippen MR) is 185 cm³/mol. The van der Waals surface area contributed by atoms with Gasteiger partial charge in [-0.05, 0) is 88.9 Å². The number of benzene rings is 4. The van der Waals surface area contributed by atoms with E-state index in [0.717, 1.165) is 33.4 Å². The molecule has 4 aromatic carbocycles. The highest BCUT2D eigenvalue weighted by Crippen LogP contribution is 2.29. The van der Waals surface area contributed by atoms with E-state index in [2.05, 4.69) is 5.32 Å². The zero-order valence-corrected chi connectivity index (χ0v) is 28.7. The summed E-state index contributed by atoms with van der Waals surface area (Å²) < 4.78 is 29.8. The first-order chi connectivity index (χ1) is 21.7. The summed E-state index contributed by atoms with van der Waals surface area (Å²) in [5, 5.41) is 3.07. The molecule has 0 fully saturated rings. The summed E-state index contributed by atoms with van der Waals surface area (Å²) in [6.45, 7) is 13.0. The van der Waals surface area contributed by atoms with Gasteiger partial charge in [-0.15, -0.1) is 0 Å². The fraction of sp³-hybridized carbons (Fsp3) is 0.316. The number of amides is 2. The van der Waals surface area contributed by atoms with Crippen LogP contribution in [0.5, 0.6) is 0 Å². The van der Waals surface area contributed by atoms with Crippen LogP contribution in [-0.2, 0) is 32.6 Å². The van der Waals surface area contributed by atoms with E-state index in [1.54, 1.807) is 36.4 Å². The molecular weight excluding hydrogens is 595 g/mol. The summed E-state index contributed by atoms with van der Waals surface area (Å²) in [6.07, 6.45) is 0.258. The van der Waals surface area contributed by atoms with Crippen LogP contribution in [0, 0.1) is 27.7 Å². The number of carbonyl (C=O) groups excluding carboxylic acids is 2. The highest BCUT2D eigenvalue weighted by Gasteiger charge is 2.36. The van der Waals surface area contributed by atoms with Crippen LogP contribution >= 0.6 is 0 Å². The number of hydrogen-bond acceptors (Lipinski definition) is 4. The molecule has 0 aliphatic carbocycles. The fourth-order valence-electron chi connectivity index (χ4n) is 5.25. The molecule has 0 heterocycles. The molecule has 7 nitrogen and oxygen atoms in total. The summed E-state index contributed by atoms with van der Waals surface area (Å²) in [7, 11) is -4.17. The van der Waals surface area contributed by atoms with Gasteiger partial charge in [-0.3, -0.25) is 13.9 Å². The maximum absolute atomic E-state index is 14.7. The van der Waals surface area contributed by atoms with E-state index in [-0.39, 0.29) is 23.8 Å². The molecule has 2 amide bonds. The minimum Gasteiger partial charge on any atom is -0.350 e. The molecule has 4 rings (SSSR count). The number of anilines is 1. The molecule has 4 aromatic rings. The monoisotopic (exact) mass is 639 g/mol. The van der Waals surface area contributed by atoms with Crippen molar-refractivity contribution in [2.75, 3.05) is 10.8 Å². The molecule has 0 bridgehead atoms. The average Bonchev–Trinajstić information content (AvgIpc) is 3.00. The van der Waals surface area contributed by atoms with Crippen molar-refractivity contribution >= 4 is 27.5 Å². The molecule has 0 aliphatic rings. The number of rotatable bonds is 11. The molecule has 0 saturated carbocycles. The summed E-state index contributed by atoms with van der Waals surface area (Å²) in [4.78, 5) is 30.3. The van der Waals surface area contributed by atoms with Crippen molar-refractivity contribution in [2.24, 2.45) is 0 Å². The lowest BCUT2D eigenvalue weighted by atomic mass is 10.0. The minimum atomic E-state index is -4.17. The van der Waals surface area contributed by atoms with Gasteiger partial charge in [0, 0.05) is 18.5 Å². The zero-order valence-electron chi connectivity index (χ0n) is 27.9. The summed E-state index contributed by atoms with van der Waals surface area (Å²) >= 11 is 0. The van der Waals surface area contributed by atoms with Crippen LogP contribution in [0.4, 0.5) is 5.69 Å². The highest BCUT2D eigenvalue weighted by atomic mass is 32.2. The highest BCUT2D eigenvalue weighted by molar-refractivity contribution is 7.92. The Morgan fingerprint density at radius 2 is 1.33 bits per heavy atom. The van der Waals surface area contributed by atoms with E-state index < -0.39 is 34.1 Å². The smallest absolute Gasteiger partial charge is 0.264 e. The van der Waals surface area contributed by atoms with Gasteiger partial charge in [-0.25, -0.2) is 8.42 Å². The summed E-state index contributed by atoms with van der Waals surface area (Å²) in [5.41, 5.74) is 5.23. The molecule has 1 atom stereocenters. The molecule has 0 aromatic heterocycles. The van der Waals surface area contributed by atoms with Gasteiger partial charge in [-0.1, -0.05) is 90.0 Å². The number of sulfonamides is 1. The molecule has 0 radical (unpaired) electrons. The van der Waals surface area contributed by atoms with E-state index in [9.17, 15) is 18.0 Å². The number of nitrogens with zero attached hydrogens (tertiary/aromatic N) is 2. The topological polar surface area (TPSA) is 86.8 Å². The SMILES string of the molecule is Cc1ccc(CN(C(=O)CN(c2cccc(C)c2C)S(=O)(=O)c2ccc(C)cc2)C(Cc2ccccc2)C(=O)NC(C)(C)C)cc1. The second-order valence-corrected chi connectivity index (χ2v) is 14.9. The minimum absolute atomic E-state index is 0.0863. The van der Waals surface area contributed by atoms with E-state index in [1.165, 1.54) is 9.21 Å². The Morgan fingerprint density at radius 1 is 0.739 bits per heavy atom. The van der Waals surface area contributed by atoms with Gasteiger partial charge >= 0.3 is 0 Å². The maximum atomic E-state index is 14.7. The van der Waals surface area contributed by atoms with Crippen molar-refractivity contribution in [1.29, 1.82) is 0 Å². The second kappa shape index (κ2) is 14.3. The first kappa shape index (κ1) is 34.4. The Kier molecular flexibility index (Phi) is 10.7. The lowest BCUT2D eigenvalue weighted by molar-refractivity contribution is -0.140. The normalized spacial score (nSPS) is 12.3.